The van der Waals surface area contributed by atoms with Crippen molar-refractivity contribution >= 4 is 34.8 Å². The fourth-order valence-corrected chi connectivity index (χ4v) is 3.12. The third-order valence-corrected chi connectivity index (χ3v) is 4.64. The predicted molar refractivity (Wildman–Crippen MR) is 99.6 cm³/mol. The summed E-state index contributed by atoms with van der Waals surface area (Å²) in [4.78, 5) is 26.9. The average Bonchev–Trinajstić information content (AvgIpc) is 2.64. The van der Waals surface area contributed by atoms with Gasteiger partial charge in [0.05, 0.1) is 17.3 Å². The van der Waals surface area contributed by atoms with Crippen LogP contribution in [0.3, 0.4) is 0 Å². The summed E-state index contributed by atoms with van der Waals surface area (Å²) >= 11 is 5.87. The molecule has 0 aromatic heterocycles. The standard InChI is InChI=1S/C19H20ClN3O2/c20-15-9-7-13(8-10-15)19(25)23-11-3-4-14(12-23)18(24)22-17-6-2-1-5-16(17)21/h1-2,5-10,14H,3-4,11-12,21H2,(H,22,24). The number of anilines is 2. The highest BCUT2D eigenvalue weighted by molar-refractivity contribution is 6.30. The molecule has 1 heterocycles. The Morgan fingerprint density at radius 1 is 1.12 bits per heavy atom. The first-order valence-electron chi connectivity index (χ1n) is 8.25. The van der Waals surface area contributed by atoms with Crippen LogP contribution in [-0.4, -0.2) is 29.8 Å². The number of para-hydroxylation sites is 2. The molecule has 3 N–H and O–H groups in total. The van der Waals surface area contributed by atoms with E-state index < -0.39 is 0 Å². The molecular formula is C19H20ClN3O2. The van der Waals surface area contributed by atoms with Gasteiger partial charge in [-0.2, -0.15) is 0 Å². The van der Waals surface area contributed by atoms with Crippen LogP contribution in [0.15, 0.2) is 48.5 Å². The third-order valence-electron chi connectivity index (χ3n) is 4.39. The van der Waals surface area contributed by atoms with E-state index in [4.69, 9.17) is 17.3 Å². The maximum Gasteiger partial charge on any atom is 0.253 e. The molecule has 1 atom stereocenters. The van der Waals surface area contributed by atoms with Crippen LogP contribution in [0, 0.1) is 5.92 Å². The van der Waals surface area contributed by atoms with Gasteiger partial charge in [-0.3, -0.25) is 9.59 Å². The monoisotopic (exact) mass is 357 g/mol. The lowest BCUT2D eigenvalue weighted by molar-refractivity contribution is -0.121. The van der Waals surface area contributed by atoms with Crippen molar-refractivity contribution in [3.05, 3.63) is 59.1 Å². The van der Waals surface area contributed by atoms with Gasteiger partial charge in [0.25, 0.3) is 5.91 Å². The highest BCUT2D eigenvalue weighted by atomic mass is 35.5. The summed E-state index contributed by atoms with van der Waals surface area (Å²) in [7, 11) is 0. The van der Waals surface area contributed by atoms with Crippen molar-refractivity contribution in [3.8, 4) is 0 Å². The number of hydrogen-bond acceptors (Lipinski definition) is 3. The second-order valence-corrected chi connectivity index (χ2v) is 6.61. The van der Waals surface area contributed by atoms with Gasteiger partial charge in [-0.25, -0.2) is 0 Å². The van der Waals surface area contributed by atoms with E-state index in [1.54, 1.807) is 41.3 Å². The van der Waals surface area contributed by atoms with Crippen molar-refractivity contribution < 1.29 is 9.59 Å². The highest BCUT2D eigenvalue weighted by Gasteiger charge is 2.29. The topological polar surface area (TPSA) is 75.4 Å². The number of nitrogens with two attached hydrogens (primary N) is 1. The maximum atomic E-state index is 12.6. The number of hydrogen-bond donors (Lipinski definition) is 2. The quantitative estimate of drug-likeness (QED) is 0.826. The molecular weight excluding hydrogens is 338 g/mol. The first-order valence-corrected chi connectivity index (χ1v) is 8.62. The van der Waals surface area contributed by atoms with Gasteiger partial charge in [0.15, 0.2) is 0 Å². The Kier molecular flexibility index (Phi) is 5.24. The summed E-state index contributed by atoms with van der Waals surface area (Å²) in [5, 5.41) is 3.46. The van der Waals surface area contributed by atoms with E-state index >= 15 is 0 Å². The number of amides is 2. The number of carbonyl (C=O) groups excluding carboxylic acids is 2. The number of nitrogens with zero attached hydrogens (tertiary/aromatic N) is 1. The molecule has 2 aromatic rings. The molecule has 130 valence electrons. The maximum absolute atomic E-state index is 12.6. The second-order valence-electron chi connectivity index (χ2n) is 6.17. The summed E-state index contributed by atoms with van der Waals surface area (Å²) in [6.45, 7) is 1.05. The number of halogens is 1. The van der Waals surface area contributed by atoms with Crippen LogP contribution < -0.4 is 11.1 Å². The molecule has 0 bridgehead atoms. The van der Waals surface area contributed by atoms with Crippen molar-refractivity contribution in [1.29, 1.82) is 0 Å². The molecule has 3 rings (SSSR count). The van der Waals surface area contributed by atoms with Gasteiger partial charge < -0.3 is 16.0 Å². The Balaban J connectivity index is 1.66. The van der Waals surface area contributed by atoms with Gasteiger partial charge in [-0.15, -0.1) is 0 Å². The molecule has 25 heavy (non-hydrogen) atoms. The summed E-state index contributed by atoms with van der Waals surface area (Å²) in [5.41, 5.74) is 7.59. The molecule has 0 aliphatic carbocycles. The summed E-state index contributed by atoms with van der Waals surface area (Å²) in [6.07, 6.45) is 1.55. The summed E-state index contributed by atoms with van der Waals surface area (Å²) < 4.78 is 0. The van der Waals surface area contributed by atoms with Crippen molar-refractivity contribution in [3.63, 3.8) is 0 Å². The Bertz CT molecular complexity index is 776. The first-order chi connectivity index (χ1) is 12.0. The molecule has 0 saturated carbocycles. The molecule has 6 heteroatoms. The summed E-state index contributed by atoms with van der Waals surface area (Å²) in [6, 6.07) is 14.0. The molecule has 1 aliphatic rings. The largest absolute Gasteiger partial charge is 0.397 e. The molecule has 0 radical (unpaired) electrons. The van der Waals surface area contributed by atoms with Gasteiger partial charge >= 0.3 is 0 Å². The van der Waals surface area contributed by atoms with Crippen molar-refractivity contribution in [1.82, 2.24) is 4.90 Å². The lowest BCUT2D eigenvalue weighted by atomic mass is 9.96. The number of nitrogen functional groups attached to an aromatic ring is 1. The van der Waals surface area contributed by atoms with E-state index in [0.717, 1.165) is 12.8 Å². The highest BCUT2D eigenvalue weighted by Crippen LogP contribution is 2.23. The number of carbonyl (C=O) groups is 2. The normalized spacial score (nSPS) is 17.2. The van der Waals surface area contributed by atoms with Crippen LogP contribution in [0.1, 0.15) is 23.2 Å². The Morgan fingerprint density at radius 2 is 1.84 bits per heavy atom. The van der Waals surface area contributed by atoms with Crippen molar-refractivity contribution in [2.45, 2.75) is 12.8 Å². The van der Waals surface area contributed by atoms with Gasteiger partial charge in [0, 0.05) is 23.7 Å². The van der Waals surface area contributed by atoms with Gasteiger partial charge in [0.2, 0.25) is 5.91 Å². The molecule has 1 unspecified atom stereocenters. The number of benzene rings is 2. The zero-order valence-corrected chi connectivity index (χ0v) is 14.5. The fraction of sp³-hybridized carbons (Fsp3) is 0.263. The Morgan fingerprint density at radius 3 is 2.56 bits per heavy atom. The molecule has 5 nitrogen and oxygen atoms in total. The van der Waals surface area contributed by atoms with E-state index in [9.17, 15) is 9.59 Å². The zero-order chi connectivity index (χ0) is 17.8. The molecule has 1 fully saturated rings. The molecule has 2 amide bonds. The zero-order valence-electron chi connectivity index (χ0n) is 13.7. The summed E-state index contributed by atoms with van der Waals surface area (Å²) in [5.74, 6) is -0.426. The lowest BCUT2D eigenvalue weighted by Gasteiger charge is -2.32. The molecule has 2 aromatic carbocycles. The van der Waals surface area contributed by atoms with E-state index in [1.165, 1.54) is 0 Å². The molecule has 1 aliphatic heterocycles. The van der Waals surface area contributed by atoms with Gasteiger partial charge in [-0.1, -0.05) is 23.7 Å². The number of likely N-dealkylation sites (tertiary alicyclic amines) is 1. The number of rotatable bonds is 3. The van der Waals surface area contributed by atoms with E-state index in [0.29, 0.717) is 35.1 Å². The smallest absolute Gasteiger partial charge is 0.253 e. The minimum absolute atomic E-state index is 0.0756. The van der Waals surface area contributed by atoms with Crippen LogP contribution in [0.25, 0.3) is 0 Å². The van der Waals surface area contributed by atoms with Gasteiger partial charge in [0.1, 0.15) is 0 Å². The van der Waals surface area contributed by atoms with Crippen LogP contribution in [0.5, 0.6) is 0 Å². The van der Waals surface area contributed by atoms with Crippen LogP contribution in [0.4, 0.5) is 11.4 Å². The van der Waals surface area contributed by atoms with Crippen LogP contribution in [-0.2, 0) is 4.79 Å². The predicted octanol–water partition coefficient (Wildman–Crippen LogP) is 3.41. The second kappa shape index (κ2) is 7.57. The van der Waals surface area contributed by atoms with E-state index in [1.807, 2.05) is 12.1 Å². The Labute approximate surface area is 151 Å². The fourth-order valence-electron chi connectivity index (χ4n) is 3.00. The SMILES string of the molecule is Nc1ccccc1NC(=O)C1CCCN(C(=O)c2ccc(Cl)cc2)C1. The Hall–Kier alpha value is -2.53. The number of nitrogens with one attached hydrogen (secondary N) is 1. The van der Waals surface area contributed by atoms with Crippen LogP contribution in [0.2, 0.25) is 5.02 Å². The minimum Gasteiger partial charge on any atom is -0.397 e. The molecule has 0 spiro atoms. The van der Waals surface area contributed by atoms with E-state index in [-0.39, 0.29) is 17.7 Å². The number of piperidine rings is 1. The third kappa shape index (κ3) is 4.12. The van der Waals surface area contributed by atoms with Crippen LogP contribution >= 0.6 is 11.6 Å². The van der Waals surface area contributed by atoms with E-state index in [2.05, 4.69) is 5.32 Å². The van der Waals surface area contributed by atoms with Crippen molar-refractivity contribution in [2.24, 2.45) is 5.92 Å². The average molecular weight is 358 g/mol. The first kappa shape index (κ1) is 17.3. The van der Waals surface area contributed by atoms with Crippen molar-refractivity contribution in [2.75, 3.05) is 24.1 Å². The lowest BCUT2D eigenvalue weighted by Crippen LogP contribution is -2.43. The van der Waals surface area contributed by atoms with Gasteiger partial charge in [-0.05, 0) is 49.2 Å². The minimum atomic E-state index is -0.246. The molecule has 1 saturated heterocycles.